The van der Waals surface area contributed by atoms with Crippen molar-refractivity contribution in [3.63, 3.8) is 0 Å². The van der Waals surface area contributed by atoms with E-state index in [4.69, 9.17) is 0 Å². The minimum atomic E-state index is -4.14. The summed E-state index contributed by atoms with van der Waals surface area (Å²) in [5, 5.41) is 6.81. The molecule has 4 rings (SSSR count). The van der Waals surface area contributed by atoms with E-state index in [1.807, 2.05) is 0 Å². The molecule has 2 N–H and O–H groups in total. The van der Waals surface area contributed by atoms with Crippen LogP contribution in [-0.4, -0.2) is 68.6 Å². The second kappa shape index (κ2) is 12.1. The van der Waals surface area contributed by atoms with Crippen molar-refractivity contribution in [2.75, 3.05) is 25.0 Å². The molecule has 2 amide bonds. The van der Waals surface area contributed by atoms with Gasteiger partial charge in [-0.25, -0.2) is 22.3 Å². The fraction of sp³-hybridized carbons (Fsp3) is 0.222. The Morgan fingerprint density at radius 1 is 0.800 bits per heavy atom. The van der Waals surface area contributed by atoms with Gasteiger partial charge in [0.25, 0.3) is 5.91 Å². The summed E-state index contributed by atoms with van der Waals surface area (Å²) >= 11 is 0. The first kappa shape index (κ1) is 29.1. The van der Waals surface area contributed by atoms with E-state index in [0.717, 1.165) is 8.61 Å². The third kappa shape index (κ3) is 6.45. The van der Waals surface area contributed by atoms with Crippen molar-refractivity contribution in [3.8, 4) is 0 Å². The van der Waals surface area contributed by atoms with Gasteiger partial charge in [-0.1, -0.05) is 48.5 Å². The maximum absolute atomic E-state index is 13.5. The van der Waals surface area contributed by atoms with E-state index >= 15 is 0 Å². The predicted octanol–water partition coefficient (Wildman–Crippen LogP) is 2.25. The Bertz CT molecular complexity index is 1630. The van der Waals surface area contributed by atoms with E-state index in [9.17, 15) is 26.4 Å². The first-order valence-electron chi connectivity index (χ1n) is 12.3. The van der Waals surface area contributed by atoms with Crippen molar-refractivity contribution in [2.45, 2.75) is 29.7 Å². The lowest BCUT2D eigenvalue weighted by atomic mass is 10.1. The molecule has 0 unspecified atom stereocenters. The molecular formula is C27H29N5O6S2. The second-order valence-corrected chi connectivity index (χ2v) is 12.9. The fourth-order valence-corrected chi connectivity index (χ4v) is 7.28. The highest BCUT2D eigenvalue weighted by Crippen LogP contribution is 2.25. The third-order valence-electron chi connectivity index (χ3n) is 6.26. The molecular weight excluding hydrogens is 554 g/mol. The highest BCUT2D eigenvalue weighted by molar-refractivity contribution is 7.89. The molecule has 1 heterocycles. The molecule has 40 heavy (non-hydrogen) atoms. The Labute approximate surface area is 233 Å². The van der Waals surface area contributed by atoms with Crippen molar-refractivity contribution >= 4 is 43.3 Å². The molecule has 0 aromatic heterocycles. The maximum atomic E-state index is 13.5. The molecule has 11 nitrogen and oxygen atoms in total. The number of benzene rings is 3. The number of nitrogens with one attached hydrogen (secondary N) is 2. The highest BCUT2D eigenvalue weighted by Gasteiger charge is 2.43. The van der Waals surface area contributed by atoms with Gasteiger partial charge in [-0.3, -0.25) is 9.59 Å². The summed E-state index contributed by atoms with van der Waals surface area (Å²) < 4.78 is 55.8. The maximum Gasteiger partial charge on any atom is 0.259 e. The van der Waals surface area contributed by atoms with Crippen molar-refractivity contribution in [1.29, 1.82) is 0 Å². The second-order valence-electron chi connectivity index (χ2n) is 9.06. The summed E-state index contributed by atoms with van der Waals surface area (Å²) in [5.41, 5.74) is 3.95. The van der Waals surface area contributed by atoms with E-state index in [2.05, 4.69) is 15.8 Å². The molecule has 3 aromatic carbocycles. The molecule has 0 spiro atoms. The van der Waals surface area contributed by atoms with Crippen LogP contribution in [0.15, 0.2) is 99.8 Å². The number of carbonyl (C=O) groups is 2. The number of nitrogens with zero attached hydrogens (tertiary/aromatic N) is 3. The van der Waals surface area contributed by atoms with Gasteiger partial charge >= 0.3 is 0 Å². The molecule has 210 valence electrons. The minimum Gasteiger partial charge on any atom is -0.326 e. The monoisotopic (exact) mass is 583 g/mol. The summed E-state index contributed by atoms with van der Waals surface area (Å²) in [5.74, 6) is -1.03. The van der Waals surface area contributed by atoms with Gasteiger partial charge in [0.05, 0.1) is 15.5 Å². The Kier molecular flexibility index (Phi) is 8.79. The van der Waals surface area contributed by atoms with E-state index in [1.165, 1.54) is 31.2 Å². The Morgan fingerprint density at radius 2 is 1.40 bits per heavy atom. The zero-order valence-electron chi connectivity index (χ0n) is 21.9. The molecule has 1 saturated heterocycles. The smallest absolute Gasteiger partial charge is 0.259 e. The lowest BCUT2D eigenvalue weighted by Crippen LogP contribution is -2.60. The van der Waals surface area contributed by atoms with Gasteiger partial charge in [-0.05, 0) is 48.9 Å². The zero-order chi connectivity index (χ0) is 28.9. The average Bonchev–Trinajstić information content (AvgIpc) is 2.96. The van der Waals surface area contributed by atoms with Gasteiger partial charge in [-0.2, -0.15) is 13.7 Å². The van der Waals surface area contributed by atoms with Crippen LogP contribution in [-0.2, 0) is 29.6 Å². The van der Waals surface area contributed by atoms with Crippen LogP contribution in [0.5, 0.6) is 0 Å². The number of hydrogen-bond acceptors (Lipinski definition) is 7. The van der Waals surface area contributed by atoms with Crippen LogP contribution >= 0.6 is 0 Å². The topological polar surface area (TPSA) is 145 Å². The number of rotatable bonds is 8. The van der Waals surface area contributed by atoms with E-state index in [0.29, 0.717) is 17.0 Å². The van der Waals surface area contributed by atoms with Crippen LogP contribution in [0.25, 0.3) is 0 Å². The first-order chi connectivity index (χ1) is 19.0. The van der Waals surface area contributed by atoms with Gasteiger partial charge < -0.3 is 5.32 Å². The SMILES string of the molecule is CC(=O)Nc1cccc(/C(C)=N\NC(=O)[C@@H]2CN(S(=O)(=O)c3ccccc3)CCN2S(=O)(=O)c2ccccc2)c1. The standard InChI is InChI=1S/C27H29N5O6S2/c1-20(22-10-9-11-23(18-22)28-21(2)33)29-30-27(34)26-19-31(39(35,36)24-12-5-3-6-13-24)16-17-32(26)40(37,38)25-14-7-4-8-15-25/h3-15,18,26H,16-17,19H2,1-2H3,(H,28,33)(H,30,34)/b29-20-/t26-/m0/s1. The summed E-state index contributed by atoms with van der Waals surface area (Å²) in [6.07, 6.45) is 0. The Balaban J connectivity index is 1.63. The number of piperazine rings is 1. The predicted molar refractivity (Wildman–Crippen MR) is 150 cm³/mol. The summed E-state index contributed by atoms with van der Waals surface area (Å²) in [6.45, 7) is 2.25. The molecule has 0 aliphatic carbocycles. The number of amides is 2. The van der Waals surface area contributed by atoms with Gasteiger partial charge in [0, 0.05) is 32.2 Å². The van der Waals surface area contributed by atoms with Crippen LogP contribution in [0, 0.1) is 0 Å². The molecule has 1 fully saturated rings. The lowest BCUT2D eigenvalue weighted by molar-refractivity contribution is -0.125. The molecule has 1 aliphatic rings. The van der Waals surface area contributed by atoms with E-state index < -0.39 is 38.5 Å². The lowest BCUT2D eigenvalue weighted by Gasteiger charge is -2.38. The first-order valence-corrected chi connectivity index (χ1v) is 15.2. The number of anilines is 1. The van der Waals surface area contributed by atoms with Crippen LogP contribution in [0.3, 0.4) is 0 Å². The normalized spacial score (nSPS) is 17.2. The van der Waals surface area contributed by atoms with Crippen molar-refractivity contribution < 1.29 is 26.4 Å². The van der Waals surface area contributed by atoms with Crippen LogP contribution < -0.4 is 10.7 Å². The van der Waals surface area contributed by atoms with Gasteiger partial charge in [0.2, 0.25) is 26.0 Å². The van der Waals surface area contributed by atoms with Crippen molar-refractivity contribution in [2.24, 2.45) is 5.10 Å². The van der Waals surface area contributed by atoms with Crippen LogP contribution in [0.1, 0.15) is 19.4 Å². The van der Waals surface area contributed by atoms with Crippen LogP contribution in [0.2, 0.25) is 0 Å². The number of carbonyl (C=O) groups excluding carboxylic acids is 2. The minimum absolute atomic E-state index is 0.0124. The molecule has 13 heteroatoms. The molecule has 1 aliphatic heterocycles. The fourth-order valence-electron chi connectivity index (χ4n) is 4.23. The average molecular weight is 584 g/mol. The molecule has 0 bridgehead atoms. The molecule has 0 radical (unpaired) electrons. The largest absolute Gasteiger partial charge is 0.326 e. The van der Waals surface area contributed by atoms with Crippen molar-refractivity contribution in [1.82, 2.24) is 14.0 Å². The summed E-state index contributed by atoms with van der Waals surface area (Å²) in [7, 11) is -8.12. The summed E-state index contributed by atoms with van der Waals surface area (Å²) in [4.78, 5) is 24.9. The highest BCUT2D eigenvalue weighted by atomic mass is 32.2. The Morgan fingerprint density at radius 3 is 2.00 bits per heavy atom. The molecule has 3 aromatic rings. The van der Waals surface area contributed by atoms with E-state index in [1.54, 1.807) is 67.6 Å². The third-order valence-corrected chi connectivity index (χ3v) is 10.1. The zero-order valence-corrected chi connectivity index (χ0v) is 23.5. The molecule has 1 atom stereocenters. The number of hydrogen-bond donors (Lipinski definition) is 2. The van der Waals surface area contributed by atoms with Gasteiger partial charge in [0.15, 0.2) is 0 Å². The Hall–Kier alpha value is -3.91. The van der Waals surface area contributed by atoms with Crippen molar-refractivity contribution in [3.05, 3.63) is 90.5 Å². The number of hydrazone groups is 1. The van der Waals surface area contributed by atoms with Gasteiger partial charge in [-0.15, -0.1) is 0 Å². The van der Waals surface area contributed by atoms with Gasteiger partial charge in [0.1, 0.15) is 6.04 Å². The quantitative estimate of drug-likeness (QED) is 0.307. The summed E-state index contributed by atoms with van der Waals surface area (Å²) in [6, 6.07) is 20.8. The molecule has 0 saturated carbocycles. The van der Waals surface area contributed by atoms with E-state index in [-0.39, 0.29) is 28.8 Å². The van der Waals surface area contributed by atoms with Crippen LogP contribution in [0.4, 0.5) is 5.69 Å². The number of sulfonamides is 2.